The molecule has 1 aromatic carbocycles. The average molecular weight is 250 g/mol. The summed E-state index contributed by atoms with van der Waals surface area (Å²) in [6.45, 7) is 4.94. The molecule has 0 saturated carbocycles. The van der Waals surface area contributed by atoms with E-state index in [0.717, 1.165) is 5.92 Å². The van der Waals surface area contributed by atoms with Gasteiger partial charge in [0.1, 0.15) is 0 Å². The van der Waals surface area contributed by atoms with Gasteiger partial charge < -0.3 is 10.2 Å². The zero-order chi connectivity index (χ0) is 11.9. The molecule has 0 aliphatic carbocycles. The Hall–Kier alpha value is -0.510. The molecule has 94 valence electrons. The highest BCUT2D eigenvalue weighted by Crippen LogP contribution is 2.19. The van der Waals surface area contributed by atoms with Crippen LogP contribution in [0.2, 0.25) is 0 Å². The number of nitrogens with zero attached hydrogens (tertiary/aromatic N) is 1. The molecular formula is C14H22N2S. The quantitative estimate of drug-likeness (QED) is 0.780. The summed E-state index contributed by atoms with van der Waals surface area (Å²) in [4.78, 5) is 3.98. The third-order valence-electron chi connectivity index (χ3n) is 3.28. The number of thioether (sulfide) groups is 1. The van der Waals surface area contributed by atoms with Gasteiger partial charge in [0.25, 0.3) is 0 Å². The Kier molecular flexibility index (Phi) is 5.36. The maximum absolute atomic E-state index is 3.28. The second-order valence-corrected chi connectivity index (χ2v) is 5.84. The van der Waals surface area contributed by atoms with Crippen molar-refractivity contribution < 1.29 is 0 Å². The van der Waals surface area contributed by atoms with E-state index in [-0.39, 0.29) is 0 Å². The first kappa shape index (κ1) is 12.9. The summed E-state index contributed by atoms with van der Waals surface area (Å²) < 4.78 is 0. The number of likely N-dealkylation sites (tertiary alicyclic amines) is 1. The Labute approximate surface area is 109 Å². The lowest BCUT2D eigenvalue weighted by atomic mass is 10.1. The molecule has 2 nitrogen and oxygen atoms in total. The van der Waals surface area contributed by atoms with Gasteiger partial charge in [0.05, 0.1) is 0 Å². The van der Waals surface area contributed by atoms with Gasteiger partial charge in [-0.1, -0.05) is 18.2 Å². The van der Waals surface area contributed by atoms with Gasteiger partial charge in [-0.3, -0.25) is 0 Å². The maximum Gasteiger partial charge on any atom is 0.0108 e. The predicted octanol–water partition coefficient (Wildman–Crippen LogP) is 2.32. The van der Waals surface area contributed by atoms with E-state index in [9.17, 15) is 0 Å². The van der Waals surface area contributed by atoms with Gasteiger partial charge in [-0.05, 0) is 44.6 Å². The molecule has 2 rings (SSSR count). The second kappa shape index (κ2) is 7.04. The number of hydrogen-bond donors (Lipinski definition) is 1. The summed E-state index contributed by atoms with van der Waals surface area (Å²) in [6, 6.07) is 10.7. The number of nitrogens with one attached hydrogen (secondary N) is 1. The first-order valence-corrected chi connectivity index (χ1v) is 7.42. The highest BCUT2D eigenvalue weighted by Gasteiger charge is 2.20. The predicted molar refractivity (Wildman–Crippen MR) is 75.6 cm³/mol. The minimum absolute atomic E-state index is 0.863. The van der Waals surface area contributed by atoms with Crippen LogP contribution in [-0.2, 0) is 0 Å². The molecule has 0 bridgehead atoms. The molecule has 0 radical (unpaired) electrons. The van der Waals surface area contributed by atoms with Crippen molar-refractivity contribution in [3.8, 4) is 0 Å². The smallest absolute Gasteiger partial charge is 0.0108 e. The number of benzene rings is 1. The van der Waals surface area contributed by atoms with Crippen molar-refractivity contribution in [1.29, 1.82) is 0 Å². The van der Waals surface area contributed by atoms with Gasteiger partial charge in [-0.15, -0.1) is 11.8 Å². The summed E-state index contributed by atoms with van der Waals surface area (Å²) in [6.07, 6.45) is 1.36. The van der Waals surface area contributed by atoms with Crippen molar-refractivity contribution in [3.63, 3.8) is 0 Å². The standard InChI is InChI=1S/C14H22N2S/c1-15-11-13-7-8-16(12-13)9-10-17-14-5-3-2-4-6-14/h2-6,13,15H,7-12H2,1H3. The topological polar surface area (TPSA) is 15.3 Å². The first-order valence-electron chi connectivity index (χ1n) is 6.43. The van der Waals surface area contributed by atoms with Crippen LogP contribution >= 0.6 is 11.8 Å². The largest absolute Gasteiger partial charge is 0.319 e. The van der Waals surface area contributed by atoms with Crippen molar-refractivity contribution in [3.05, 3.63) is 30.3 Å². The zero-order valence-corrected chi connectivity index (χ0v) is 11.4. The molecule has 0 spiro atoms. The summed E-state index contributed by atoms with van der Waals surface area (Å²) >= 11 is 1.96. The molecule has 3 heteroatoms. The Bertz CT molecular complexity index is 315. The summed E-state index contributed by atoms with van der Waals surface area (Å²) in [5.41, 5.74) is 0. The van der Waals surface area contributed by atoms with Gasteiger partial charge in [-0.2, -0.15) is 0 Å². The minimum atomic E-state index is 0.863. The summed E-state index contributed by atoms with van der Waals surface area (Å²) in [5, 5.41) is 3.28. The van der Waals surface area contributed by atoms with Crippen LogP contribution in [0.4, 0.5) is 0 Å². The van der Waals surface area contributed by atoms with Crippen LogP contribution in [0.15, 0.2) is 35.2 Å². The maximum atomic E-state index is 3.28. The van der Waals surface area contributed by atoms with Crippen molar-refractivity contribution >= 4 is 11.8 Å². The number of hydrogen-bond acceptors (Lipinski definition) is 3. The Balaban J connectivity index is 1.63. The van der Waals surface area contributed by atoms with Crippen molar-refractivity contribution in [1.82, 2.24) is 10.2 Å². The third-order valence-corrected chi connectivity index (χ3v) is 4.27. The molecule has 1 aliphatic rings. The van der Waals surface area contributed by atoms with Gasteiger partial charge in [0.2, 0.25) is 0 Å². The van der Waals surface area contributed by atoms with Crippen LogP contribution in [0, 0.1) is 5.92 Å². The lowest BCUT2D eigenvalue weighted by molar-refractivity contribution is 0.343. The van der Waals surface area contributed by atoms with Crippen LogP contribution < -0.4 is 5.32 Å². The summed E-state index contributed by atoms with van der Waals surface area (Å²) in [7, 11) is 2.05. The lowest BCUT2D eigenvalue weighted by Crippen LogP contribution is -2.26. The monoisotopic (exact) mass is 250 g/mol. The van der Waals surface area contributed by atoms with E-state index >= 15 is 0 Å². The van der Waals surface area contributed by atoms with Crippen molar-refractivity contribution in [2.24, 2.45) is 5.92 Å². The molecule has 1 heterocycles. The van der Waals surface area contributed by atoms with Crippen molar-refractivity contribution in [2.45, 2.75) is 11.3 Å². The lowest BCUT2D eigenvalue weighted by Gasteiger charge is -2.15. The molecule has 1 fully saturated rings. The molecule has 1 saturated heterocycles. The first-order chi connectivity index (χ1) is 8.38. The van der Waals surface area contributed by atoms with Gasteiger partial charge in [-0.25, -0.2) is 0 Å². The highest BCUT2D eigenvalue weighted by molar-refractivity contribution is 7.99. The minimum Gasteiger partial charge on any atom is -0.319 e. The zero-order valence-electron chi connectivity index (χ0n) is 10.6. The molecule has 1 unspecified atom stereocenters. The molecule has 1 N–H and O–H groups in total. The molecular weight excluding hydrogens is 228 g/mol. The molecule has 17 heavy (non-hydrogen) atoms. The van der Waals surface area contributed by atoms with Crippen LogP contribution in [-0.4, -0.2) is 43.9 Å². The SMILES string of the molecule is CNCC1CCN(CCSc2ccccc2)C1. The van der Waals surface area contributed by atoms with E-state index in [1.165, 1.54) is 43.2 Å². The Morgan fingerprint density at radius 1 is 1.35 bits per heavy atom. The van der Waals surface area contributed by atoms with Gasteiger partial charge in [0, 0.05) is 23.7 Å². The summed E-state index contributed by atoms with van der Waals surface area (Å²) in [5.74, 6) is 2.07. The Morgan fingerprint density at radius 3 is 2.94 bits per heavy atom. The van der Waals surface area contributed by atoms with E-state index < -0.39 is 0 Å². The van der Waals surface area contributed by atoms with Crippen LogP contribution in [0.1, 0.15) is 6.42 Å². The third kappa shape index (κ3) is 4.34. The second-order valence-electron chi connectivity index (χ2n) is 4.67. The fourth-order valence-corrected chi connectivity index (χ4v) is 3.32. The molecule has 1 atom stereocenters. The van der Waals surface area contributed by atoms with E-state index in [4.69, 9.17) is 0 Å². The van der Waals surface area contributed by atoms with Gasteiger partial charge >= 0.3 is 0 Å². The van der Waals surface area contributed by atoms with E-state index in [0.29, 0.717) is 0 Å². The molecule has 1 aromatic rings. The fourth-order valence-electron chi connectivity index (χ4n) is 2.38. The number of rotatable bonds is 6. The molecule has 0 aromatic heterocycles. The average Bonchev–Trinajstić information content (AvgIpc) is 2.79. The van der Waals surface area contributed by atoms with Gasteiger partial charge in [0.15, 0.2) is 0 Å². The fraction of sp³-hybridized carbons (Fsp3) is 0.571. The Morgan fingerprint density at radius 2 is 2.18 bits per heavy atom. The normalized spacial score (nSPS) is 20.9. The molecule has 0 amide bonds. The van der Waals surface area contributed by atoms with Crippen molar-refractivity contribution in [2.75, 3.05) is 39.0 Å². The van der Waals surface area contributed by atoms with Crippen LogP contribution in [0.25, 0.3) is 0 Å². The van der Waals surface area contributed by atoms with Crippen LogP contribution in [0.3, 0.4) is 0 Å². The highest BCUT2D eigenvalue weighted by atomic mass is 32.2. The van der Waals surface area contributed by atoms with Crippen LogP contribution in [0.5, 0.6) is 0 Å². The molecule has 1 aliphatic heterocycles. The van der Waals surface area contributed by atoms with E-state index in [1.807, 2.05) is 18.8 Å². The van der Waals surface area contributed by atoms with E-state index in [1.54, 1.807) is 0 Å². The van der Waals surface area contributed by atoms with E-state index in [2.05, 4.69) is 40.5 Å².